The van der Waals surface area contributed by atoms with Gasteiger partial charge in [0, 0.05) is 24.3 Å². The molecule has 0 aromatic heterocycles. The zero-order chi connectivity index (χ0) is 24.1. The van der Waals surface area contributed by atoms with Crippen LogP contribution in [0.5, 0.6) is 0 Å². The molecule has 1 fully saturated rings. The Morgan fingerprint density at radius 1 is 0.970 bits per heavy atom. The second kappa shape index (κ2) is 10.1. The van der Waals surface area contributed by atoms with Crippen LogP contribution in [0.3, 0.4) is 0 Å². The molecule has 174 valence electrons. The van der Waals surface area contributed by atoms with Gasteiger partial charge in [-0.15, -0.1) is 0 Å². The standard InChI is InChI=1S/C19H16FN3O10/c20-15-16(33-19(25)11-3-7-13(8-4-11)23(29)30)14(32-17(15)21-26)9-31-18(24)10-1-5-12(6-2-10)22(27)28/h1-8,14-17,21,26H,9H2/t14-,15+,16-,17?/m1/s1. The Kier molecular flexibility index (Phi) is 7.22. The first-order valence-corrected chi connectivity index (χ1v) is 9.27. The van der Waals surface area contributed by atoms with Crippen molar-refractivity contribution < 1.29 is 43.2 Å². The van der Waals surface area contributed by atoms with Crippen LogP contribution in [0.4, 0.5) is 15.8 Å². The number of hydroxylamine groups is 1. The van der Waals surface area contributed by atoms with E-state index in [0.717, 1.165) is 48.5 Å². The number of hydrogen-bond acceptors (Lipinski definition) is 11. The quantitative estimate of drug-likeness (QED) is 0.330. The number of carbonyl (C=O) groups is 2. The Balaban J connectivity index is 1.66. The van der Waals surface area contributed by atoms with Crippen LogP contribution in [0.1, 0.15) is 20.7 Å². The molecule has 14 heteroatoms. The minimum atomic E-state index is -2.04. The molecular weight excluding hydrogens is 449 g/mol. The maximum atomic E-state index is 14.6. The number of benzene rings is 2. The van der Waals surface area contributed by atoms with Gasteiger partial charge in [0.1, 0.15) is 12.7 Å². The number of rotatable bonds is 8. The summed E-state index contributed by atoms with van der Waals surface area (Å²) < 4.78 is 29.9. The molecule has 2 aromatic carbocycles. The van der Waals surface area contributed by atoms with E-state index in [2.05, 4.69) is 0 Å². The largest absolute Gasteiger partial charge is 0.459 e. The number of nitrogens with zero attached hydrogens (tertiary/aromatic N) is 2. The first kappa shape index (κ1) is 23.6. The molecule has 2 aromatic rings. The molecule has 1 unspecified atom stereocenters. The van der Waals surface area contributed by atoms with Gasteiger partial charge >= 0.3 is 11.9 Å². The third kappa shape index (κ3) is 5.43. The second-order valence-electron chi connectivity index (χ2n) is 6.75. The fourth-order valence-electron chi connectivity index (χ4n) is 2.97. The molecule has 0 amide bonds. The summed E-state index contributed by atoms with van der Waals surface area (Å²) in [6, 6.07) is 8.90. The average Bonchev–Trinajstić information content (AvgIpc) is 3.11. The molecule has 1 aliphatic heterocycles. The number of carbonyl (C=O) groups excluding carboxylic acids is 2. The first-order valence-electron chi connectivity index (χ1n) is 9.27. The lowest BCUT2D eigenvalue weighted by molar-refractivity contribution is -0.385. The van der Waals surface area contributed by atoms with E-state index in [9.17, 15) is 34.2 Å². The van der Waals surface area contributed by atoms with Crippen LogP contribution < -0.4 is 5.48 Å². The summed E-state index contributed by atoms with van der Waals surface area (Å²) in [5, 5.41) is 30.4. The number of ether oxygens (including phenoxy) is 3. The minimum absolute atomic E-state index is 0.0216. The van der Waals surface area contributed by atoms with Crippen LogP contribution in [-0.4, -0.2) is 58.2 Å². The lowest BCUT2D eigenvalue weighted by Crippen LogP contribution is -2.39. The van der Waals surface area contributed by atoms with Gasteiger partial charge < -0.3 is 19.4 Å². The molecule has 1 saturated heterocycles. The molecule has 2 N–H and O–H groups in total. The molecule has 1 heterocycles. The Morgan fingerprint density at radius 3 is 1.91 bits per heavy atom. The van der Waals surface area contributed by atoms with Gasteiger partial charge in [-0.25, -0.2) is 14.0 Å². The van der Waals surface area contributed by atoms with E-state index in [-0.39, 0.29) is 22.5 Å². The van der Waals surface area contributed by atoms with Gasteiger partial charge in [0.2, 0.25) is 0 Å². The van der Waals surface area contributed by atoms with Crippen LogP contribution in [0.2, 0.25) is 0 Å². The molecule has 33 heavy (non-hydrogen) atoms. The van der Waals surface area contributed by atoms with Crippen molar-refractivity contribution in [2.45, 2.75) is 24.6 Å². The number of alkyl halides is 1. The Hall–Kier alpha value is -4.01. The highest BCUT2D eigenvalue weighted by molar-refractivity contribution is 5.90. The zero-order valence-electron chi connectivity index (χ0n) is 16.5. The molecule has 3 rings (SSSR count). The number of halogens is 1. The van der Waals surface area contributed by atoms with E-state index in [4.69, 9.17) is 19.4 Å². The lowest BCUT2D eigenvalue weighted by Gasteiger charge is -2.19. The van der Waals surface area contributed by atoms with Gasteiger partial charge in [0.25, 0.3) is 11.4 Å². The highest BCUT2D eigenvalue weighted by Crippen LogP contribution is 2.27. The van der Waals surface area contributed by atoms with E-state index in [1.165, 1.54) is 0 Å². The van der Waals surface area contributed by atoms with Crippen LogP contribution >= 0.6 is 0 Å². The maximum Gasteiger partial charge on any atom is 0.338 e. The van der Waals surface area contributed by atoms with E-state index in [1.54, 1.807) is 5.48 Å². The average molecular weight is 465 g/mol. The molecule has 1 aliphatic rings. The van der Waals surface area contributed by atoms with Crippen molar-refractivity contribution in [3.05, 3.63) is 79.9 Å². The zero-order valence-corrected chi connectivity index (χ0v) is 16.5. The van der Waals surface area contributed by atoms with Crippen LogP contribution in [0.25, 0.3) is 0 Å². The minimum Gasteiger partial charge on any atom is -0.459 e. The van der Waals surface area contributed by atoms with Crippen LogP contribution in [0.15, 0.2) is 48.5 Å². The summed E-state index contributed by atoms with van der Waals surface area (Å²) in [5.74, 6) is -1.92. The van der Waals surface area contributed by atoms with Crippen molar-refractivity contribution in [1.29, 1.82) is 0 Å². The SMILES string of the molecule is O=C(OC[C@H]1OC(NO)[C@@H](F)[C@@H]1OC(=O)c1ccc([N+](=O)[O-])cc1)c1ccc([N+](=O)[O-])cc1. The van der Waals surface area contributed by atoms with Crippen molar-refractivity contribution in [2.24, 2.45) is 0 Å². The smallest absolute Gasteiger partial charge is 0.338 e. The summed E-state index contributed by atoms with van der Waals surface area (Å²) in [7, 11) is 0. The summed E-state index contributed by atoms with van der Waals surface area (Å²) in [6.07, 6.45) is -6.53. The predicted molar refractivity (Wildman–Crippen MR) is 104 cm³/mol. The highest BCUT2D eigenvalue weighted by atomic mass is 19.1. The van der Waals surface area contributed by atoms with E-state index >= 15 is 0 Å². The van der Waals surface area contributed by atoms with Gasteiger partial charge in [-0.2, -0.15) is 5.48 Å². The lowest BCUT2D eigenvalue weighted by atomic mass is 10.1. The number of hydrogen-bond donors (Lipinski definition) is 2. The molecule has 4 atom stereocenters. The molecule has 0 radical (unpaired) electrons. The Labute approximate surface area is 183 Å². The van der Waals surface area contributed by atoms with Crippen molar-refractivity contribution >= 4 is 23.3 Å². The normalized spacial score (nSPS) is 21.9. The van der Waals surface area contributed by atoms with E-state index < -0.39 is 53.0 Å². The summed E-state index contributed by atoms with van der Waals surface area (Å²) in [6.45, 7) is -0.577. The fourth-order valence-corrected chi connectivity index (χ4v) is 2.97. The van der Waals surface area contributed by atoms with Crippen LogP contribution in [0, 0.1) is 20.2 Å². The highest BCUT2D eigenvalue weighted by Gasteiger charge is 2.48. The summed E-state index contributed by atoms with van der Waals surface area (Å²) in [5.41, 5.74) is 0.952. The maximum absolute atomic E-state index is 14.6. The molecule has 0 saturated carbocycles. The molecule has 13 nitrogen and oxygen atoms in total. The number of non-ortho nitro benzene ring substituents is 2. The number of nitrogens with one attached hydrogen (secondary N) is 1. The van der Waals surface area contributed by atoms with Gasteiger partial charge in [0.15, 0.2) is 18.5 Å². The number of nitro benzene ring substituents is 2. The van der Waals surface area contributed by atoms with Gasteiger partial charge in [-0.1, -0.05) is 0 Å². The summed E-state index contributed by atoms with van der Waals surface area (Å²) in [4.78, 5) is 44.6. The molecule has 0 spiro atoms. The fraction of sp³-hybridized carbons (Fsp3) is 0.263. The number of esters is 2. The van der Waals surface area contributed by atoms with Crippen molar-refractivity contribution in [3.63, 3.8) is 0 Å². The molecule has 0 aliphatic carbocycles. The molecular formula is C19H16FN3O10. The van der Waals surface area contributed by atoms with E-state index in [1.807, 2.05) is 0 Å². The Bertz CT molecular complexity index is 1050. The first-order chi connectivity index (χ1) is 15.7. The topological polar surface area (TPSA) is 180 Å². The van der Waals surface area contributed by atoms with E-state index in [0.29, 0.717) is 0 Å². The monoisotopic (exact) mass is 465 g/mol. The van der Waals surface area contributed by atoms with Gasteiger partial charge in [-0.05, 0) is 24.3 Å². The molecule has 0 bridgehead atoms. The Morgan fingerprint density at radius 2 is 1.45 bits per heavy atom. The van der Waals surface area contributed by atoms with Gasteiger partial charge in [0.05, 0.1) is 21.0 Å². The third-order valence-electron chi connectivity index (χ3n) is 4.67. The van der Waals surface area contributed by atoms with Crippen LogP contribution in [-0.2, 0) is 14.2 Å². The number of nitro groups is 2. The van der Waals surface area contributed by atoms with Crippen molar-refractivity contribution in [2.75, 3.05) is 6.61 Å². The van der Waals surface area contributed by atoms with Crippen molar-refractivity contribution in [3.8, 4) is 0 Å². The third-order valence-corrected chi connectivity index (χ3v) is 4.67. The summed E-state index contributed by atoms with van der Waals surface area (Å²) >= 11 is 0. The predicted octanol–water partition coefficient (Wildman–Crippen LogP) is 1.93. The van der Waals surface area contributed by atoms with Crippen molar-refractivity contribution in [1.82, 2.24) is 5.48 Å². The van der Waals surface area contributed by atoms with Gasteiger partial charge in [-0.3, -0.25) is 20.2 Å². The second-order valence-corrected chi connectivity index (χ2v) is 6.75.